The minimum atomic E-state index is 0.0821. The largest absolute Gasteiger partial charge is 0.392 e. The number of rotatable bonds is 2. The first-order valence-electron chi connectivity index (χ1n) is 4.65. The van der Waals surface area contributed by atoms with Crippen molar-refractivity contribution in [2.75, 3.05) is 0 Å². The van der Waals surface area contributed by atoms with Gasteiger partial charge in [0.15, 0.2) is 0 Å². The van der Waals surface area contributed by atoms with Gasteiger partial charge in [-0.25, -0.2) is 0 Å². The molecule has 0 atom stereocenters. The predicted octanol–water partition coefficient (Wildman–Crippen LogP) is 3.21. The fraction of sp³-hybridized carbons (Fsp3) is 0.273. The zero-order valence-corrected chi connectivity index (χ0v) is 10.2. The van der Waals surface area contributed by atoms with E-state index in [1.54, 1.807) is 11.3 Å². The molecule has 0 aromatic carbocycles. The molecular formula is C11H12ClNOS. The standard InChI is InChI=1S/C11H12ClNOS/c1-7-8(6-14)5-9(13(7)2)10-3-4-11(12)15-10/h3-5,14H,6H2,1-2H3. The summed E-state index contributed by atoms with van der Waals surface area (Å²) in [6.45, 7) is 2.09. The Morgan fingerprint density at radius 1 is 1.47 bits per heavy atom. The monoisotopic (exact) mass is 241 g/mol. The summed E-state index contributed by atoms with van der Waals surface area (Å²) in [5, 5.41) is 9.17. The third-order valence-electron chi connectivity index (χ3n) is 2.64. The molecule has 0 unspecified atom stereocenters. The van der Waals surface area contributed by atoms with Crippen LogP contribution in [0.1, 0.15) is 11.3 Å². The third-order valence-corrected chi connectivity index (χ3v) is 3.89. The van der Waals surface area contributed by atoms with E-state index in [0.717, 1.165) is 26.2 Å². The lowest BCUT2D eigenvalue weighted by atomic mass is 10.2. The molecule has 0 spiro atoms. The van der Waals surface area contributed by atoms with Gasteiger partial charge in [0.2, 0.25) is 0 Å². The molecule has 15 heavy (non-hydrogen) atoms. The van der Waals surface area contributed by atoms with Crippen molar-refractivity contribution in [1.29, 1.82) is 0 Å². The van der Waals surface area contributed by atoms with Gasteiger partial charge >= 0.3 is 0 Å². The number of hydrogen-bond acceptors (Lipinski definition) is 2. The van der Waals surface area contributed by atoms with Crippen LogP contribution in [0.5, 0.6) is 0 Å². The fourth-order valence-corrected chi connectivity index (χ4v) is 2.71. The second-order valence-electron chi connectivity index (χ2n) is 3.46. The van der Waals surface area contributed by atoms with Gasteiger partial charge in [-0.1, -0.05) is 11.6 Å². The van der Waals surface area contributed by atoms with Gasteiger partial charge in [0, 0.05) is 12.7 Å². The Bertz CT molecular complexity index is 487. The molecule has 4 heteroatoms. The topological polar surface area (TPSA) is 25.2 Å². The van der Waals surface area contributed by atoms with Crippen LogP contribution in [-0.2, 0) is 13.7 Å². The lowest BCUT2D eigenvalue weighted by Gasteiger charge is -2.02. The Hall–Kier alpha value is -0.770. The summed E-state index contributed by atoms with van der Waals surface area (Å²) in [5.74, 6) is 0. The Balaban J connectivity index is 2.53. The van der Waals surface area contributed by atoms with Gasteiger partial charge in [-0.3, -0.25) is 0 Å². The van der Waals surface area contributed by atoms with Crippen molar-refractivity contribution in [2.45, 2.75) is 13.5 Å². The van der Waals surface area contributed by atoms with Crippen LogP contribution >= 0.6 is 22.9 Å². The number of nitrogens with zero attached hydrogens (tertiary/aromatic N) is 1. The number of halogens is 1. The average Bonchev–Trinajstić information content (AvgIpc) is 2.74. The number of aromatic nitrogens is 1. The summed E-state index contributed by atoms with van der Waals surface area (Å²) < 4.78 is 2.86. The van der Waals surface area contributed by atoms with Gasteiger partial charge in [0.25, 0.3) is 0 Å². The smallest absolute Gasteiger partial charge is 0.0935 e. The van der Waals surface area contributed by atoms with Gasteiger partial charge in [-0.2, -0.15) is 0 Å². The molecule has 0 aliphatic rings. The summed E-state index contributed by atoms with van der Waals surface area (Å²) in [6, 6.07) is 5.91. The normalized spacial score (nSPS) is 10.9. The quantitative estimate of drug-likeness (QED) is 0.858. The minimum Gasteiger partial charge on any atom is -0.392 e. The van der Waals surface area contributed by atoms with Gasteiger partial charge in [-0.15, -0.1) is 11.3 Å². The zero-order valence-electron chi connectivity index (χ0n) is 8.62. The van der Waals surface area contributed by atoms with Crippen LogP contribution in [0.2, 0.25) is 4.34 Å². The van der Waals surface area contributed by atoms with Crippen molar-refractivity contribution in [2.24, 2.45) is 7.05 Å². The van der Waals surface area contributed by atoms with Gasteiger partial charge in [0.1, 0.15) is 0 Å². The van der Waals surface area contributed by atoms with Crippen LogP contribution < -0.4 is 0 Å². The first kappa shape index (κ1) is 10.7. The number of thiophene rings is 1. The van der Waals surface area contributed by atoms with Crippen LogP contribution in [0.4, 0.5) is 0 Å². The summed E-state index contributed by atoms with van der Waals surface area (Å²) in [4.78, 5) is 1.13. The van der Waals surface area contributed by atoms with Crippen molar-refractivity contribution in [3.8, 4) is 10.6 Å². The highest BCUT2D eigenvalue weighted by Crippen LogP contribution is 2.33. The van der Waals surface area contributed by atoms with Crippen molar-refractivity contribution >= 4 is 22.9 Å². The highest BCUT2D eigenvalue weighted by atomic mass is 35.5. The molecule has 0 saturated heterocycles. The van der Waals surface area contributed by atoms with Crippen molar-refractivity contribution in [3.63, 3.8) is 0 Å². The highest BCUT2D eigenvalue weighted by Gasteiger charge is 2.11. The van der Waals surface area contributed by atoms with Crippen molar-refractivity contribution in [3.05, 3.63) is 33.8 Å². The van der Waals surface area contributed by atoms with Gasteiger partial charge in [0.05, 0.1) is 21.5 Å². The molecular weight excluding hydrogens is 230 g/mol. The molecule has 0 radical (unpaired) electrons. The SMILES string of the molecule is Cc1c(CO)cc(-c2ccc(Cl)s2)n1C. The summed E-state index contributed by atoms with van der Waals surface area (Å²) in [6.07, 6.45) is 0. The summed E-state index contributed by atoms with van der Waals surface area (Å²) in [7, 11) is 2.00. The molecule has 0 fully saturated rings. The molecule has 2 heterocycles. The molecule has 0 amide bonds. The Labute approximate surface area is 97.7 Å². The molecule has 0 bridgehead atoms. The van der Waals surface area contributed by atoms with Crippen molar-refractivity contribution in [1.82, 2.24) is 4.57 Å². The predicted molar refractivity (Wildman–Crippen MR) is 64.4 cm³/mol. The minimum absolute atomic E-state index is 0.0821. The van der Waals surface area contributed by atoms with Crippen molar-refractivity contribution < 1.29 is 5.11 Å². The van der Waals surface area contributed by atoms with E-state index in [4.69, 9.17) is 11.6 Å². The molecule has 1 N–H and O–H groups in total. The highest BCUT2D eigenvalue weighted by molar-refractivity contribution is 7.19. The van der Waals surface area contributed by atoms with E-state index in [1.807, 2.05) is 32.2 Å². The van der Waals surface area contributed by atoms with E-state index in [0.29, 0.717) is 0 Å². The second-order valence-corrected chi connectivity index (χ2v) is 5.18. The van der Waals surface area contributed by atoms with E-state index < -0.39 is 0 Å². The molecule has 2 aromatic heterocycles. The molecule has 2 aromatic rings. The first-order chi connectivity index (χ1) is 7.13. The maximum atomic E-state index is 9.17. The molecule has 2 nitrogen and oxygen atoms in total. The van der Waals surface area contributed by atoms with Crippen LogP contribution in [0.3, 0.4) is 0 Å². The fourth-order valence-electron chi connectivity index (χ4n) is 1.61. The van der Waals surface area contributed by atoms with E-state index in [1.165, 1.54) is 0 Å². The maximum Gasteiger partial charge on any atom is 0.0935 e. The maximum absolute atomic E-state index is 9.17. The number of aliphatic hydroxyl groups excluding tert-OH is 1. The number of hydrogen-bond donors (Lipinski definition) is 1. The molecule has 2 rings (SSSR count). The lowest BCUT2D eigenvalue weighted by molar-refractivity contribution is 0.281. The molecule has 0 saturated carbocycles. The van der Waals surface area contributed by atoms with Gasteiger partial charge in [-0.05, 0) is 30.7 Å². The van der Waals surface area contributed by atoms with E-state index in [-0.39, 0.29) is 6.61 Å². The molecule has 0 aliphatic heterocycles. The zero-order chi connectivity index (χ0) is 11.0. The first-order valence-corrected chi connectivity index (χ1v) is 5.84. The number of aliphatic hydroxyl groups is 1. The third kappa shape index (κ3) is 1.83. The van der Waals surface area contributed by atoms with E-state index >= 15 is 0 Å². The van der Waals surface area contributed by atoms with E-state index in [9.17, 15) is 5.11 Å². The van der Waals surface area contributed by atoms with Crippen LogP contribution in [-0.4, -0.2) is 9.67 Å². The molecule has 0 aliphatic carbocycles. The Morgan fingerprint density at radius 3 is 2.67 bits per heavy atom. The second kappa shape index (κ2) is 4.00. The summed E-state index contributed by atoms with van der Waals surface area (Å²) in [5.41, 5.74) is 3.17. The Morgan fingerprint density at radius 2 is 2.20 bits per heavy atom. The average molecular weight is 242 g/mol. The van der Waals surface area contributed by atoms with Gasteiger partial charge < -0.3 is 9.67 Å². The lowest BCUT2D eigenvalue weighted by Crippen LogP contribution is -1.94. The molecule has 80 valence electrons. The van der Waals surface area contributed by atoms with E-state index in [2.05, 4.69) is 4.57 Å². The van der Waals surface area contributed by atoms with Crippen LogP contribution in [0.25, 0.3) is 10.6 Å². The van der Waals surface area contributed by atoms with Crippen LogP contribution in [0, 0.1) is 6.92 Å². The van der Waals surface area contributed by atoms with Crippen LogP contribution in [0.15, 0.2) is 18.2 Å². The summed E-state index contributed by atoms with van der Waals surface area (Å²) >= 11 is 7.45. The Kier molecular flexibility index (Phi) is 2.87.